The fraction of sp³-hybridized carbons (Fsp3) is 0.500. The van der Waals surface area contributed by atoms with Crippen LogP contribution in [0.3, 0.4) is 0 Å². The van der Waals surface area contributed by atoms with Gasteiger partial charge in [0.2, 0.25) is 5.91 Å². The molecule has 1 aromatic carbocycles. The number of carboxylic acid groups (broad SMARTS) is 1. The second-order valence-electron chi connectivity index (χ2n) is 5.63. The molecule has 0 bridgehead atoms. The van der Waals surface area contributed by atoms with Gasteiger partial charge in [0, 0.05) is 18.7 Å². The molecule has 1 N–H and O–H groups in total. The van der Waals surface area contributed by atoms with Crippen molar-refractivity contribution in [3.05, 3.63) is 29.3 Å². The lowest BCUT2D eigenvalue weighted by atomic mass is 10.1. The molecule has 0 aliphatic carbocycles. The van der Waals surface area contributed by atoms with Crippen LogP contribution in [0.25, 0.3) is 0 Å². The molecule has 0 fully saturated rings. The summed E-state index contributed by atoms with van der Waals surface area (Å²) >= 11 is 0. The van der Waals surface area contributed by atoms with E-state index in [1.54, 1.807) is 4.90 Å². The van der Waals surface area contributed by atoms with Gasteiger partial charge in [-0.3, -0.25) is 9.59 Å². The van der Waals surface area contributed by atoms with E-state index in [1.807, 2.05) is 45.9 Å². The fourth-order valence-electron chi connectivity index (χ4n) is 2.17. The Labute approximate surface area is 120 Å². The number of aryl methyl sites for hydroxylation is 2. The molecule has 0 saturated carbocycles. The molecule has 0 aliphatic rings. The third-order valence-electron chi connectivity index (χ3n) is 2.95. The number of amides is 1. The maximum Gasteiger partial charge on any atom is 0.305 e. The molecule has 0 aliphatic heterocycles. The Balaban J connectivity index is 3.01. The van der Waals surface area contributed by atoms with Crippen LogP contribution in [0.15, 0.2) is 18.2 Å². The number of carbonyl (C=O) groups excluding carboxylic acids is 1. The molecule has 0 atom stereocenters. The molecule has 0 saturated heterocycles. The Morgan fingerprint density at radius 1 is 1.15 bits per heavy atom. The van der Waals surface area contributed by atoms with E-state index in [2.05, 4.69) is 0 Å². The zero-order valence-corrected chi connectivity index (χ0v) is 12.6. The van der Waals surface area contributed by atoms with E-state index in [0.717, 1.165) is 16.8 Å². The second-order valence-corrected chi connectivity index (χ2v) is 5.63. The van der Waals surface area contributed by atoms with Crippen molar-refractivity contribution in [2.45, 2.75) is 40.5 Å². The van der Waals surface area contributed by atoms with E-state index in [4.69, 9.17) is 5.11 Å². The Bertz CT molecular complexity index is 474. The largest absolute Gasteiger partial charge is 0.481 e. The first-order valence-electron chi connectivity index (χ1n) is 6.90. The number of hydrogen-bond donors (Lipinski definition) is 1. The number of rotatable bonds is 6. The summed E-state index contributed by atoms with van der Waals surface area (Å²) in [5, 5.41) is 8.84. The number of aliphatic carboxylic acids is 1. The van der Waals surface area contributed by atoms with Gasteiger partial charge in [0.25, 0.3) is 0 Å². The summed E-state index contributed by atoms with van der Waals surface area (Å²) in [6.45, 7) is 8.12. The quantitative estimate of drug-likeness (QED) is 0.869. The molecule has 0 heterocycles. The normalized spacial score (nSPS) is 10.7. The fourth-order valence-corrected chi connectivity index (χ4v) is 2.17. The third-order valence-corrected chi connectivity index (χ3v) is 2.95. The van der Waals surface area contributed by atoms with Gasteiger partial charge >= 0.3 is 5.97 Å². The lowest BCUT2D eigenvalue weighted by Crippen LogP contribution is -2.33. The summed E-state index contributed by atoms with van der Waals surface area (Å²) in [7, 11) is 0. The van der Waals surface area contributed by atoms with Gasteiger partial charge in [-0.05, 0) is 43.0 Å². The molecular weight excluding hydrogens is 254 g/mol. The van der Waals surface area contributed by atoms with E-state index < -0.39 is 5.97 Å². The molecule has 0 aromatic heterocycles. The summed E-state index contributed by atoms with van der Waals surface area (Å²) < 4.78 is 0. The minimum Gasteiger partial charge on any atom is -0.481 e. The molecule has 110 valence electrons. The Morgan fingerprint density at radius 2 is 1.70 bits per heavy atom. The highest BCUT2D eigenvalue weighted by Crippen LogP contribution is 2.21. The molecule has 1 amide bonds. The summed E-state index contributed by atoms with van der Waals surface area (Å²) in [6.07, 6.45) is 0.378. The number of carboxylic acids is 1. The standard InChI is InChI=1S/C16H23NO3/c1-11(2)7-15(18)17(6-5-16(19)20)14-9-12(3)8-13(4)10-14/h8-11H,5-7H2,1-4H3,(H,19,20). The maximum atomic E-state index is 12.3. The first kappa shape index (κ1) is 16.2. The minimum atomic E-state index is -0.892. The van der Waals surface area contributed by atoms with Gasteiger partial charge in [-0.15, -0.1) is 0 Å². The number of benzene rings is 1. The molecule has 4 nitrogen and oxygen atoms in total. The summed E-state index contributed by atoms with van der Waals surface area (Å²) in [4.78, 5) is 24.7. The van der Waals surface area contributed by atoms with Crippen molar-refractivity contribution in [3.63, 3.8) is 0 Å². The van der Waals surface area contributed by atoms with Crippen LogP contribution in [0.2, 0.25) is 0 Å². The summed E-state index contributed by atoms with van der Waals surface area (Å²) in [6, 6.07) is 5.88. The Kier molecular flexibility index (Phi) is 5.74. The average molecular weight is 277 g/mol. The van der Waals surface area contributed by atoms with Crippen molar-refractivity contribution in [1.82, 2.24) is 0 Å². The third kappa shape index (κ3) is 5.03. The average Bonchev–Trinajstić information content (AvgIpc) is 2.26. The topological polar surface area (TPSA) is 57.6 Å². The van der Waals surface area contributed by atoms with Crippen molar-refractivity contribution < 1.29 is 14.7 Å². The van der Waals surface area contributed by atoms with Crippen LogP contribution < -0.4 is 4.90 Å². The predicted molar refractivity (Wildman–Crippen MR) is 80.0 cm³/mol. The van der Waals surface area contributed by atoms with Crippen LogP contribution in [0, 0.1) is 19.8 Å². The van der Waals surface area contributed by atoms with Crippen molar-refractivity contribution >= 4 is 17.6 Å². The van der Waals surface area contributed by atoms with Crippen LogP contribution in [0.4, 0.5) is 5.69 Å². The SMILES string of the molecule is Cc1cc(C)cc(N(CCC(=O)O)C(=O)CC(C)C)c1. The zero-order chi connectivity index (χ0) is 15.3. The highest BCUT2D eigenvalue weighted by Gasteiger charge is 2.18. The van der Waals surface area contributed by atoms with E-state index in [9.17, 15) is 9.59 Å². The van der Waals surface area contributed by atoms with Crippen LogP contribution >= 0.6 is 0 Å². The molecule has 1 rings (SSSR count). The second kappa shape index (κ2) is 7.08. The van der Waals surface area contributed by atoms with E-state index in [-0.39, 0.29) is 24.8 Å². The Morgan fingerprint density at radius 3 is 2.15 bits per heavy atom. The smallest absolute Gasteiger partial charge is 0.305 e. The van der Waals surface area contributed by atoms with Crippen molar-refractivity contribution in [3.8, 4) is 0 Å². The lowest BCUT2D eigenvalue weighted by molar-refractivity contribution is -0.136. The van der Waals surface area contributed by atoms with Gasteiger partial charge in [0.1, 0.15) is 0 Å². The van der Waals surface area contributed by atoms with E-state index in [1.165, 1.54) is 0 Å². The van der Waals surface area contributed by atoms with Gasteiger partial charge < -0.3 is 10.0 Å². The predicted octanol–water partition coefficient (Wildman–Crippen LogP) is 3.16. The highest BCUT2D eigenvalue weighted by atomic mass is 16.4. The van der Waals surface area contributed by atoms with Crippen LogP contribution in [0.1, 0.15) is 37.8 Å². The molecule has 0 unspecified atom stereocenters. The summed E-state index contributed by atoms with van der Waals surface area (Å²) in [5.41, 5.74) is 2.92. The molecule has 4 heteroatoms. The minimum absolute atomic E-state index is 0.0220. The number of carbonyl (C=O) groups is 2. The highest BCUT2D eigenvalue weighted by molar-refractivity contribution is 5.94. The zero-order valence-electron chi connectivity index (χ0n) is 12.6. The first-order chi connectivity index (χ1) is 9.29. The monoisotopic (exact) mass is 277 g/mol. The van der Waals surface area contributed by atoms with Crippen molar-refractivity contribution in [2.75, 3.05) is 11.4 Å². The maximum absolute atomic E-state index is 12.3. The number of anilines is 1. The van der Waals surface area contributed by atoms with Crippen molar-refractivity contribution in [1.29, 1.82) is 0 Å². The first-order valence-corrected chi connectivity index (χ1v) is 6.90. The van der Waals surface area contributed by atoms with Gasteiger partial charge in [0.05, 0.1) is 6.42 Å². The van der Waals surface area contributed by atoms with E-state index in [0.29, 0.717) is 6.42 Å². The van der Waals surface area contributed by atoms with Gasteiger partial charge in [-0.25, -0.2) is 0 Å². The molecular formula is C16H23NO3. The van der Waals surface area contributed by atoms with Gasteiger partial charge in [-0.1, -0.05) is 19.9 Å². The number of nitrogens with zero attached hydrogens (tertiary/aromatic N) is 1. The molecule has 1 aromatic rings. The molecule has 0 spiro atoms. The van der Waals surface area contributed by atoms with Crippen molar-refractivity contribution in [2.24, 2.45) is 5.92 Å². The van der Waals surface area contributed by atoms with Gasteiger partial charge in [0.15, 0.2) is 0 Å². The molecule has 0 radical (unpaired) electrons. The number of hydrogen-bond acceptors (Lipinski definition) is 2. The van der Waals surface area contributed by atoms with Gasteiger partial charge in [-0.2, -0.15) is 0 Å². The Hall–Kier alpha value is -1.84. The van der Waals surface area contributed by atoms with Crippen LogP contribution in [0.5, 0.6) is 0 Å². The van der Waals surface area contributed by atoms with E-state index >= 15 is 0 Å². The van der Waals surface area contributed by atoms with Crippen LogP contribution in [-0.2, 0) is 9.59 Å². The summed E-state index contributed by atoms with van der Waals surface area (Å²) in [5.74, 6) is -0.663. The molecule has 20 heavy (non-hydrogen) atoms. The van der Waals surface area contributed by atoms with Crippen LogP contribution in [-0.4, -0.2) is 23.5 Å². The lowest BCUT2D eigenvalue weighted by Gasteiger charge is -2.24.